The molecule has 1 amide bonds. The van der Waals surface area contributed by atoms with Gasteiger partial charge in [0.05, 0.1) is 44.2 Å². The molecule has 2 saturated heterocycles. The van der Waals surface area contributed by atoms with E-state index in [9.17, 15) is 18.0 Å². The Bertz CT molecular complexity index is 1230. The first kappa shape index (κ1) is 31.9. The van der Waals surface area contributed by atoms with Gasteiger partial charge in [0.1, 0.15) is 6.10 Å². The predicted molar refractivity (Wildman–Crippen MR) is 152 cm³/mol. The van der Waals surface area contributed by atoms with Crippen LogP contribution in [-0.2, 0) is 47.9 Å². The van der Waals surface area contributed by atoms with Crippen LogP contribution in [0.2, 0.25) is 0 Å². The van der Waals surface area contributed by atoms with Crippen LogP contribution in [0.15, 0.2) is 48.5 Å². The molecule has 3 fully saturated rings. The van der Waals surface area contributed by atoms with E-state index < -0.39 is 41.4 Å². The molecule has 2 aliphatic heterocycles. The monoisotopic (exact) mass is 606 g/mol. The molecule has 5 rings (SSSR count). The van der Waals surface area contributed by atoms with Crippen molar-refractivity contribution in [2.24, 2.45) is 0 Å². The summed E-state index contributed by atoms with van der Waals surface area (Å²) in [5.41, 5.74) is 0.602. The van der Waals surface area contributed by atoms with Gasteiger partial charge in [-0.2, -0.15) is 13.2 Å². The van der Waals surface area contributed by atoms with Crippen molar-refractivity contribution in [3.8, 4) is 0 Å². The van der Waals surface area contributed by atoms with E-state index in [2.05, 4.69) is 10.2 Å². The summed E-state index contributed by atoms with van der Waals surface area (Å²) < 4.78 is 70.0. The van der Waals surface area contributed by atoms with Crippen LogP contribution in [0.25, 0.3) is 0 Å². The van der Waals surface area contributed by atoms with E-state index in [-0.39, 0.29) is 32.0 Å². The van der Waals surface area contributed by atoms with E-state index in [1.807, 2.05) is 45.0 Å². The van der Waals surface area contributed by atoms with Gasteiger partial charge in [0.2, 0.25) is 0 Å². The van der Waals surface area contributed by atoms with Crippen molar-refractivity contribution >= 4 is 5.91 Å². The van der Waals surface area contributed by atoms with Gasteiger partial charge in [0, 0.05) is 39.0 Å². The van der Waals surface area contributed by atoms with E-state index in [0.717, 1.165) is 36.3 Å². The molecule has 0 bridgehead atoms. The first-order chi connectivity index (χ1) is 20.4. The van der Waals surface area contributed by atoms with Crippen molar-refractivity contribution in [3.63, 3.8) is 0 Å². The van der Waals surface area contributed by atoms with Crippen molar-refractivity contribution in [1.82, 2.24) is 10.2 Å². The number of ether oxygens (including phenoxy) is 5. The number of morpholine rings is 1. The zero-order valence-electron chi connectivity index (χ0n) is 25.0. The number of alkyl halides is 3. The molecule has 3 aliphatic rings. The van der Waals surface area contributed by atoms with Crippen LogP contribution >= 0.6 is 0 Å². The number of nitrogens with zero attached hydrogens (tertiary/aromatic N) is 1. The van der Waals surface area contributed by atoms with Gasteiger partial charge in [-0.25, -0.2) is 0 Å². The number of amides is 1. The Labute approximate surface area is 250 Å². The maximum atomic E-state index is 14.0. The molecule has 1 aliphatic carbocycles. The largest absolute Gasteiger partial charge is 0.416 e. The highest BCUT2D eigenvalue weighted by Gasteiger charge is 2.58. The summed E-state index contributed by atoms with van der Waals surface area (Å²) in [6.45, 7) is 10.0. The number of halogens is 3. The molecular formula is C32H41F3N2O6. The van der Waals surface area contributed by atoms with Crippen molar-refractivity contribution in [2.75, 3.05) is 39.4 Å². The van der Waals surface area contributed by atoms with Gasteiger partial charge in [-0.05, 0) is 49.6 Å². The number of carbonyl (C=O) groups excluding carboxylic acids is 1. The Morgan fingerprint density at radius 1 is 1.02 bits per heavy atom. The first-order valence-corrected chi connectivity index (χ1v) is 14.8. The number of carbonyl (C=O) groups is 1. The van der Waals surface area contributed by atoms with Crippen molar-refractivity contribution in [3.05, 3.63) is 70.8 Å². The van der Waals surface area contributed by atoms with Gasteiger partial charge >= 0.3 is 6.18 Å². The number of rotatable bonds is 10. The van der Waals surface area contributed by atoms with Crippen LogP contribution in [0, 0.1) is 6.92 Å². The predicted octanol–water partition coefficient (Wildman–Crippen LogP) is 4.62. The summed E-state index contributed by atoms with van der Waals surface area (Å²) >= 11 is 0. The van der Waals surface area contributed by atoms with Crippen LogP contribution in [0.5, 0.6) is 0 Å². The summed E-state index contributed by atoms with van der Waals surface area (Å²) in [5.74, 6) is -1.14. The van der Waals surface area contributed by atoms with Crippen LogP contribution in [0.4, 0.5) is 13.2 Å². The SMILES string of the molecule is Cc1ccccc1CO[C@]1(C(=O)NCCN2CCOCC2)CC(OCc2ccc(C(F)(F)F)cc2)[C@@H]2OC(C)(C)O[C@@H]2C1. The highest BCUT2D eigenvalue weighted by molar-refractivity contribution is 5.85. The van der Waals surface area contributed by atoms with Crippen LogP contribution in [-0.4, -0.2) is 79.9 Å². The van der Waals surface area contributed by atoms with Crippen LogP contribution in [0.1, 0.15) is 48.9 Å². The smallest absolute Gasteiger partial charge is 0.379 e. The third-order valence-electron chi connectivity index (χ3n) is 8.39. The zero-order valence-corrected chi connectivity index (χ0v) is 25.0. The highest BCUT2D eigenvalue weighted by atomic mass is 19.4. The fourth-order valence-electron chi connectivity index (χ4n) is 6.00. The molecular weight excluding hydrogens is 565 g/mol. The van der Waals surface area contributed by atoms with E-state index in [4.69, 9.17) is 23.7 Å². The number of benzene rings is 2. The molecule has 1 saturated carbocycles. The molecule has 1 unspecified atom stereocenters. The molecule has 2 aromatic carbocycles. The minimum atomic E-state index is -4.42. The van der Waals surface area contributed by atoms with Gasteiger partial charge in [-0.1, -0.05) is 36.4 Å². The Morgan fingerprint density at radius 2 is 1.74 bits per heavy atom. The molecule has 0 radical (unpaired) electrons. The summed E-state index contributed by atoms with van der Waals surface area (Å²) in [6, 6.07) is 12.7. The Hall–Kier alpha value is -2.54. The van der Waals surface area contributed by atoms with E-state index >= 15 is 0 Å². The quantitative estimate of drug-likeness (QED) is 0.423. The second-order valence-electron chi connectivity index (χ2n) is 12.0. The Balaban J connectivity index is 1.35. The fourth-order valence-corrected chi connectivity index (χ4v) is 6.00. The number of aryl methyl sites for hydroxylation is 1. The average molecular weight is 607 g/mol. The van der Waals surface area contributed by atoms with Gasteiger partial charge in [0.25, 0.3) is 5.91 Å². The third-order valence-corrected chi connectivity index (χ3v) is 8.39. The number of hydrogen-bond acceptors (Lipinski definition) is 7. The fraction of sp³-hybridized carbons (Fsp3) is 0.594. The number of nitrogens with one attached hydrogen (secondary N) is 1. The molecule has 1 N–H and O–H groups in total. The lowest BCUT2D eigenvalue weighted by atomic mass is 9.78. The van der Waals surface area contributed by atoms with Crippen LogP contribution in [0.3, 0.4) is 0 Å². The zero-order chi connectivity index (χ0) is 30.7. The molecule has 8 nitrogen and oxygen atoms in total. The topological polar surface area (TPSA) is 78.5 Å². The lowest BCUT2D eigenvalue weighted by molar-refractivity contribution is -0.183. The molecule has 0 aromatic heterocycles. The van der Waals surface area contributed by atoms with E-state index in [1.54, 1.807) is 0 Å². The van der Waals surface area contributed by atoms with Gasteiger partial charge in [-0.15, -0.1) is 0 Å². The van der Waals surface area contributed by atoms with Crippen molar-refractivity contribution in [1.29, 1.82) is 0 Å². The molecule has 4 atom stereocenters. The maximum absolute atomic E-state index is 14.0. The minimum Gasteiger partial charge on any atom is -0.379 e. The highest BCUT2D eigenvalue weighted by Crippen LogP contribution is 2.44. The molecule has 236 valence electrons. The van der Waals surface area contributed by atoms with Gasteiger partial charge < -0.3 is 29.0 Å². The Morgan fingerprint density at radius 3 is 2.44 bits per heavy atom. The first-order valence-electron chi connectivity index (χ1n) is 14.8. The standard InChI is InChI=1S/C32H41F3N2O6/c1-22-6-4-5-7-24(22)21-41-31(29(38)36-12-13-37-14-16-39-17-15-37)18-26(28-27(19-31)42-30(2,3)43-28)40-20-23-8-10-25(11-9-23)32(33,34)35/h4-11,26-28H,12-21H2,1-3H3,(H,36,38)/t26?,27-,28+,31-/m1/s1. The normalized spacial score (nSPS) is 27.5. The van der Waals surface area contributed by atoms with Gasteiger partial charge in [-0.3, -0.25) is 9.69 Å². The molecule has 2 heterocycles. The van der Waals surface area contributed by atoms with Crippen LogP contribution < -0.4 is 5.32 Å². The maximum Gasteiger partial charge on any atom is 0.416 e. The minimum absolute atomic E-state index is 0.0440. The molecule has 0 spiro atoms. The number of hydrogen-bond donors (Lipinski definition) is 1. The number of fused-ring (bicyclic) bond motifs is 1. The van der Waals surface area contributed by atoms with Crippen molar-refractivity contribution in [2.45, 2.75) is 82.7 Å². The lowest BCUT2D eigenvalue weighted by Gasteiger charge is -2.43. The van der Waals surface area contributed by atoms with E-state index in [1.165, 1.54) is 12.1 Å². The molecule has 2 aromatic rings. The summed E-state index contributed by atoms with van der Waals surface area (Å²) in [5, 5.41) is 3.10. The third kappa shape index (κ3) is 7.95. The second kappa shape index (κ2) is 13.2. The lowest BCUT2D eigenvalue weighted by Crippen LogP contribution is -2.60. The average Bonchev–Trinajstić information content (AvgIpc) is 3.29. The van der Waals surface area contributed by atoms with Gasteiger partial charge in [0.15, 0.2) is 11.4 Å². The molecule has 43 heavy (non-hydrogen) atoms. The van der Waals surface area contributed by atoms with E-state index in [0.29, 0.717) is 31.9 Å². The summed E-state index contributed by atoms with van der Waals surface area (Å²) in [4.78, 5) is 16.3. The second-order valence-corrected chi connectivity index (χ2v) is 12.0. The molecule has 11 heteroatoms. The van der Waals surface area contributed by atoms with Crippen molar-refractivity contribution < 1.29 is 41.7 Å². The Kier molecular flexibility index (Phi) is 9.79. The summed E-state index contributed by atoms with van der Waals surface area (Å²) in [6.07, 6.45) is -5.51. The summed E-state index contributed by atoms with van der Waals surface area (Å²) in [7, 11) is 0.